The molecular weight excluding hydrogens is 269 g/mol. The van der Waals surface area contributed by atoms with Crippen LogP contribution in [0.2, 0.25) is 0 Å². The molecule has 0 bridgehead atoms. The number of nitrogens with zero attached hydrogens (tertiary/aromatic N) is 2. The van der Waals surface area contributed by atoms with Crippen molar-refractivity contribution in [1.29, 1.82) is 0 Å². The van der Waals surface area contributed by atoms with Gasteiger partial charge >= 0.3 is 12.2 Å². The van der Waals surface area contributed by atoms with Crippen LogP contribution < -0.4 is 10.6 Å². The number of carbonyl (C=O) groups is 1. The van der Waals surface area contributed by atoms with Gasteiger partial charge in [0.2, 0.25) is 5.13 Å². The van der Waals surface area contributed by atoms with E-state index in [9.17, 15) is 18.0 Å². The minimum absolute atomic E-state index is 0.185. The minimum atomic E-state index is -4.43. The molecule has 5 nitrogen and oxygen atoms in total. The molecule has 0 fully saturated rings. The van der Waals surface area contributed by atoms with Crippen LogP contribution in [0.25, 0.3) is 0 Å². The van der Waals surface area contributed by atoms with Gasteiger partial charge in [0, 0.05) is 6.42 Å². The molecule has 0 radical (unpaired) electrons. The lowest BCUT2D eigenvalue weighted by atomic mass is 10.1. The number of carbonyl (C=O) groups excluding carboxylic acids is 1. The van der Waals surface area contributed by atoms with Gasteiger partial charge in [-0.05, 0) is 5.92 Å². The zero-order valence-electron chi connectivity index (χ0n) is 9.84. The van der Waals surface area contributed by atoms with Crippen LogP contribution in [0.4, 0.5) is 23.1 Å². The van der Waals surface area contributed by atoms with Crippen molar-refractivity contribution >= 4 is 22.5 Å². The van der Waals surface area contributed by atoms with Crippen molar-refractivity contribution in [2.24, 2.45) is 5.92 Å². The van der Waals surface area contributed by atoms with Crippen LogP contribution in [-0.2, 0) is 6.42 Å². The van der Waals surface area contributed by atoms with Crippen LogP contribution in [-0.4, -0.2) is 28.9 Å². The molecule has 0 aromatic carbocycles. The third-order valence-electron chi connectivity index (χ3n) is 1.72. The van der Waals surface area contributed by atoms with Gasteiger partial charge in [-0.2, -0.15) is 13.2 Å². The van der Waals surface area contributed by atoms with Gasteiger partial charge in [0.05, 0.1) is 0 Å². The molecule has 1 aromatic rings. The first kappa shape index (κ1) is 14.7. The summed E-state index contributed by atoms with van der Waals surface area (Å²) >= 11 is 1.15. The molecule has 0 spiro atoms. The quantitative estimate of drug-likeness (QED) is 0.891. The second-order valence-corrected chi connectivity index (χ2v) is 5.08. The molecule has 0 saturated carbocycles. The number of amides is 2. The predicted molar refractivity (Wildman–Crippen MR) is 61.5 cm³/mol. The highest BCUT2D eigenvalue weighted by Gasteiger charge is 2.27. The molecule has 102 valence electrons. The molecule has 0 aliphatic rings. The molecule has 1 heterocycles. The number of aromatic nitrogens is 2. The summed E-state index contributed by atoms with van der Waals surface area (Å²) in [6, 6.07) is -0.945. The molecule has 18 heavy (non-hydrogen) atoms. The van der Waals surface area contributed by atoms with Crippen LogP contribution >= 0.6 is 11.3 Å². The SMILES string of the molecule is CC(C)Cc1nnc(NC(=O)NCC(F)(F)F)s1. The summed E-state index contributed by atoms with van der Waals surface area (Å²) in [5, 5.41) is 12.3. The van der Waals surface area contributed by atoms with Gasteiger partial charge in [-0.25, -0.2) is 4.79 Å². The second kappa shape index (κ2) is 5.98. The van der Waals surface area contributed by atoms with Gasteiger partial charge in [-0.3, -0.25) is 5.32 Å². The molecule has 0 unspecified atom stereocenters. The maximum absolute atomic E-state index is 11.8. The van der Waals surface area contributed by atoms with E-state index < -0.39 is 18.8 Å². The van der Waals surface area contributed by atoms with E-state index in [1.807, 2.05) is 13.8 Å². The number of halogens is 3. The largest absolute Gasteiger partial charge is 0.405 e. The highest BCUT2D eigenvalue weighted by Crippen LogP contribution is 2.18. The van der Waals surface area contributed by atoms with Crippen molar-refractivity contribution in [3.05, 3.63) is 5.01 Å². The highest BCUT2D eigenvalue weighted by molar-refractivity contribution is 7.15. The summed E-state index contributed by atoms with van der Waals surface area (Å²) in [6.45, 7) is 2.63. The van der Waals surface area contributed by atoms with E-state index in [1.54, 1.807) is 5.32 Å². The highest BCUT2D eigenvalue weighted by atomic mass is 32.1. The van der Waals surface area contributed by atoms with Crippen molar-refractivity contribution in [1.82, 2.24) is 15.5 Å². The fourth-order valence-electron chi connectivity index (χ4n) is 1.06. The smallest absolute Gasteiger partial charge is 0.329 e. The van der Waals surface area contributed by atoms with Crippen LogP contribution in [0.15, 0.2) is 0 Å². The maximum atomic E-state index is 11.8. The Kier molecular flexibility index (Phi) is 4.88. The Bertz CT molecular complexity index is 405. The molecule has 0 aliphatic heterocycles. The number of urea groups is 1. The molecular formula is C9H13F3N4OS. The minimum Gasteiger partial charge on any atom is -0.329 e. The lowest BCUT2D eigenvalue weighted by Crippen LogP contribution is -2.36. The maximum Gasteiger partial charge on any atom is 0.405 e. The number of hydrogen-bond acceptors (Lipinski definition) is 4. The summed E-state index contributed by atoms with van der Waals surface area (Å²) in [5.74, 6) is 0.393. The first-order valence-electron chi connectivity index (χ1n) is 5.20. The van der Waals surface area contributed by atoms with Crippen LogP contribution in [0.3, 0.4) is 0 Å². The Balaban J connectivity index is 2.42. The van der Waals surface area contributed by atoms with Crippen molar-refractivity contribution < 1.29 is 18.0 Å². The lowest BCUT2D eigenvalue weighted by Gasteiger charge is -2.07. The van der Waals surface area contributed by atoms with E-state index in [0.29, 0.717) is 12.3 Å². The van der Waals surface area contributed by atoms with E-state index in [-0.39, 0.29) is 5.13 Å². The van der Waals surface area contributed by atoms with Crippen molar-refractivity contribution in [2.45, 2.75) is 26.4 Å². The summed E-state index contributed by atoms with van der Waals surface area (Å²) in [7, 11) is 0. The predicted octanol–water partition coefficient (Wildman–Crippen LogP) is 2.42. The normalized spacial score (nSPS) is 11.7. The number of alkyl halides is 3. The number of hydrogen-bond donors (Lipinski definition) is 2. The second-order valence-electron chi connectivity index (χ2n) is 4.02. The molecule has 0 saturated heterocycles. The standard InChI is InChI=1S/C9H13F3N4OS/c1-5(2)3-6-15-16-8(18-6)14-7(17)13-4-9(10,11)12/h5H,3-4H2,1-2H3,(H2,13,14,16,17). The van der Waals surface area contributed by atoms with Gasteiger partial charge < -0.3 is 5.32 Å². The number of nitrogens with one attached hydrogen (secondary N) is 2. The average Bonchev–Trinajstić information content (AvgIpc) is 2.60. The molecule has 1 aromatic heterocycles. The third kappa shape index (κ3) is 5.80. The average molecular weight is 282 g/mol. The van der Waals surface area contributed by atoms with E-state index in [0.717, 1.165) is 16.3 Å². The molecule has 0 atom stereocenters. The Morgan fingerprint density at radius 2 is 2.06 bits per heavy atom. The van der Waals surface area contributed by atoms with Crippen LogP contribution in [0, 0.1) is 5.92 Å². The van der Waals surface area contributed by atoms with Gasteiger partial charge in [-0.15, -0.1) is 10.2 Å². The number of anilines is 1. The fraction of sp³-hybridized carbons (Fsp3) is 0.667. The first-order chi connectivity index (χ1) is 8.26. The Labute approximate surface area is 106 Å². The topological polar surface area (TPSA) is 66.9 Å². The molecule has 2 N–H and O–H groups in total. The van der Waals surface area contributed by atoms with Crippen LogP contribution in [0.1, 0.15) is 18.9 Å². The summed E-state index contributed by atoms with van der Waals surface area (Å²) in [5.41, 5.74) is 0. The molecule has 2 amide bonds. The zero-order chi connectivity index (χ0) is 13.8. The summed E-state index contributed by atoms with van der Waals surface area (Å²) in [4.78, 5) is 11.1. The van der Waals surface area contributed by atoms with E-state index in [2.05, 4.69) is 15.5 Å². The zero-order valence-corrected chi connectivity index (χ0v) is 10.7. The first-order valence-corrected chi connectivity index (χ1v) is 6.02. The lowest BCUT2D eigenvalue weighted by molar-refractivity contribution is -0.122. The molecule has 0 aliphatic carbocycles. The Morgan fingerprint density at radius 1 is 1.39 bits per heavy atom. The Hall–Kier alpha value is -1.38. The fourth-order valence-corrected chi connectivity index (χ4v) is 2.00. The van der Waals surface area contributed by atoms with Crippen molar-refractivity contribution in [3.63, 3.8) is 0 Å². The summed E-state index contributed by atoms with van der Waals surface area (Å²) < 4.78 is 35.5. The van der Waals surface area contributed by atoms with Gasteiger partial charge in [0.25, 0.3) is 0 Å². The van der Waals surface area contributed by atoms with Gasteiger partial charge in [-0.1, -0.05) is 25.2 Å². The van der Waals surface area contributed by atoms with Gasteiger partial charge in [0.15, 0.2) is 0 Å². The molecule has 1 rings (SSSR count). The molecule has 9 heteroatoms. The number of rotatable bonds is 4. The monoisotopic (exact) mass is 282 g/mol. The van der Waals surface area contributed by atoms with Gasteiger partial charge in [0.1, 0.15) is 11.6 Å². The van der Waals surface area contributed by atoms with Crippen molar-refractivity contribution in [2.75, 3.05) is 11.9 Å². The van der Waals surface area contributed by atoms with Crippen LogP contribution in [0.5, 0.6) is 0 Å². The van der Waals surface area contributed by atoms with E-state index >= 15 is 0 Å². The summed E-state index contributed by atoms with van der Waals surface area (Å²) in [6.07, 6.45) is -3.72. The van der Waals surface area contributed by atoms with Crippen molar-refractivity contribution in [3.8, 4) is 0 Å². The van der Waals surface area contributed by atoms with E-state index in [1.165, 1.54) is 0 Å². The Morgan fingerprint density at radius 3 is 2.61 bits per heavy atom. The van der Waals surface area contributed by atoms with E-state index in [4.69, 9.17) is 0 Å². The third-order valence-corrected chi connectivity index (χ3v) is 2.58.